The number of nitrogens with zero attached hydrogens (tertiary/aromatic N) is 1. The first-order valence-electron chi connectivity index (χ1n) is 3.86. The molecule has 2 nitrogen and oxygen atoms in total. The third-order valence-corrected chi connectivity index (χ3v) is 3.27. The molecule has 0 atom stereocenters. The van der Waals surface area contributed by atoms with E-state index in [2.05, 4.69) is 11.1 Å². The fourth-order valence-corrected chi connectivity index (χ4v) is 2.57. The zero-order chi connectivity index (χ0) is 8.39. The summed E-state index contributed by atoms with van der Waals surface area (Å²) >= 11 is 0.419. The molecule has 1 aromatic carbocycles. The Morgan fingerprint density at radius 1 is 1.50 bits per heavy atom. The summed E-state index contributed by atoms with van der Waals surface area (Å²) in [6.45, 7) is 2.72. The van der Waals surface area contributed by atoms with Crippen LogP contribution in [-0.2, 0) is 0 Å². The van der Waals surface area contributed by atoms with Gasteiger partial charge in [0, 0.05) is 0 Å². The summed E-state index contributed by atoms with van der Waals surface area (Å²) in [7, 11) is 0. The monoisotopic (exact) mass is 227 g/mol. The molecule has 12 heavy (non-hydrogen) atoms. The Morgan fingerprint density at radius 3 is 3.25 bits per heavy atom. The van der Waals surface area contributed by atoms with Crippen LogP contribution < -0.4 is 4.74 Å². The third kappa shape index (κ3) is 1.38. The number of ether oxygens (including phenoxy) is 1. The van der Waals surface area contributed by atoms with E-state index in [9.17, 15) is 0 Å². The Labute approximate surface area is 76.9 Å². The van der Waals surface area contributed by atoms with E-state index in [0.29, 0.717) is 14.5 Å². The average Bonchev–Trinajstić information content (AvgIpc) is 2.51. The molecular formula is C9H9NOSe. The molecule has 2 aromatic rings. The molecule has 2 rings (SSSR count). The van der Waals surface area contributed by atoms with Crippen LogP contribution in [0.5, 0.6) is 5.75 Å². The Kier molecular flexibility index (Phi) is 2.15. The second-order valence-electron chi connectivity index (χ2n) is 2.41. The summed E-state index contributed by atoms with van der Waals surface area (Å²) in [5.74, 6) is 0.962. The quantitative estimate of drug-likeness (QED) is 0.727. The van der Waals surface area contributed by atoms with Crippen molar-refractivity contribution >= 4 is 24.3 Å². The van der Waals surface area contributed by atoms with E-state index in [1.807, 2.05) is 24.1 Å². The topological polar surface area (TPSA) is 22.1 Å². The summed E-state index contributed by atoms with van der Waals surface area (Å²) in [5.41, 5.74) is 1.11. The molecule has 0 saturated carbocycles. The van der Waals surface area contributed by atoms with Gasteiger partial charge in [-0.1, -0.05) is 0 Å². The van der Waals surface area contributed by atoms with Crippen LogP contribution >= 0.6 is 0 Å². The molecule has 3 heteroatoms. The van der Waals surface area contributed by atoms with E-state index in [1.165, 1.54) is 4.26 Å². The number of benzene rings is 1. The zero-order valence-corrected chi connectivity index (χ0v) is 8.49. The van der Waals surface area contributed by atoms with Crippen LogP contribution in [0.4, 0.5) is 0 Å². The van der Waals surface area contributed by atoms with E-state index in [1.54, 1.807) is 0 Å². The molecule has 1 aromatic heterocycles. The molecule has 0 bridgehead atoms. The first-order chi connectivity index (χ1) is 5.90. The molecule has 1 heterocycles. The van der Waals surface area contributed by atoms with Crippen molar-refractivity contribution < 1.29 is 4.74 Å². The minimum atomic E-state index is 0.419. The van der Waals surface area contributed by atoms with Gasteiger partial charge in [-0.2, -0.15) is 0 Å². The summed E-state index contributed by atoms with van der Waals surface area (Å²) in [6, 6.07) is 6.08. The minimum absolute atomic E-state index is 0.419. The number of hydrogen-bond donors (Lipinski definition) is 0. The van der Waals surface area contributed by atoms with Gasteiger partial charge in [0.1, 0.15) is 0 Å². The molecule has 0 aliphatic rings. The van der Waals surface area contributed by atoms with Crippen molar-refractivity contribution in [1.82, 2.24) is 4.98 Å². The van der Waals surface area contributed by atoms with Crippen LogP contribution in [-0.4, -0.2) is 26.1 Å². The van der Waals surface area contributed by atoms with E-state index < -0.39 is 0 Å². The molecular weight excluding hydrogens is 217 g/mol. The molecule has 0 amide bonds. The Hall–Kier alpha value is -0.791. The van der Waals surface area contributed by atoms with Gasteiger partial charge in [0.2, 0.25) is 0 Å². The number of rotatable bonds is 2. The molecule has 0 spiro atoms. The molecule has 0 aliphatic heterocycles. The van der Waals surface area contributed by atoms with Crippen molar-refractivity contribution in [1.29, 1.82) is 0 Å². The molecule has 62 valence electrons. The standard InChI is InChI=1S/C9H9NOSe/c1-2-11-7-3-4-8-9(5-7)12-6-10-8/h3-6H,2H2,1H3. The van der Waals surface area contributed by atoms with Crippen molar-refractivity contribution in [2.75, 3.05) is 6.61 Å². The molecule has 0 N–H and O–H groups in total. The second kappa shape index (κ2) is 3.30. The van der Waals surface area contributed by atoms with Crippen LogP contribution in [0.3, 0.4) is 0 Å². The van der Waals surface area contributed by atoms with Gasteiger partial charge in [-0.05, 0) is 0 Å². The second-order valence-corrected chi connectivity index (χ2v) is 4.27. The van der Waals surface area contributed by atoms with E-state index >= 15 is 0 Å². The third-order valence-electron chi connectivity index (χ3n) is 1.61. The van der Waals surface area contributed by atoms with Crippen molar-refractivity contribution in [2.45, 2.75) is 6.92 Å². The van der Waals surface area contributed by atoms with Gasteiger partial charge in [-0.3, -0.25) is 0 Å². The zero-order valence-electron chi connectivity index (χ0n) is 6.78. The Bertz CT molecular complexity index is 383. The number of hydrogen-bond acceptors (Lipinski definition) is 2. The molecule has 0 aliphatic carbocycles. The fraction of sp³-hybridized carbons (Fsp3) is 0.222. The maximum absolute atomic E-state index is 5.39. The maximum atomic E-state index is 5.39. The Balaban J connectivity index is 2.46. The van der Waals surface area contributed by atoms with Gasteiger partial charge < -0.3 is 0 Å². The molecule has 0 fully saturated rings. The molecule has 0 saturated heterocycles. The first kappa shape index (κ1) is 7.84. The summed E-state index contributed by atoms with van der Waals surface area (Å²) in [6.07, 6.45) is 0. The molecule has 0 radical (unpaired) electrons. The van der Waals surface area contributed by atoms with Gasteiger partial charge in [0.05, 0.1) is 0 Å². The van der Waals surface area contributed by atoms with Crippen molar-refractivity contribution in [3.05, 3.63) is 23.3 Å². The van der Waals surface area contributed by atoms with Gasteiger partial charge >= 0.3 is 76.6 Å². The predicted molar refractivity (Wildman–Crippen MR) is 49.9 cm³/mol. The van der Waals surface area contributed by atoms with Gasteiger partial charge in [0.25, 0.3) is 0 Å². The van der Waals surface area contributed by atoms with Crippen LogP contribution in [0.15, 0.2) is 23.3 Å². The van der Waals surface area contributed by atoms with Crippen molar-refractivity contribution in [3.8, 4) is 5.75 Å². The van der Waals surface area contributed by atoms with E-state index in [4.69, 9.17) is 4.74 Å². The van der Waals surface area contributed by atoms with Crippen LogP contribution in [0.25, 0.3) is 9.78 Å². The Morgan fingerprint density at radius 2 is 2.42 bits per heavy atom. The van der Waals surface area contributed by atoms with Gasteiger partial charge in [-0.15, -0.1) is 0 Å². The fourth-order valence-electron chi connectivity index (χ4n) is 1.09. The van der Waals surface area contributed by atoms with E-state index in [0.717, 1.165) is 17.9 Å². The van der Waals surface area contributed by atoms with Crippen LogP contribution in [0.1, 0.15) is 6.92 Å². The normalized spacial score (nSPS) is 10.4. The average molecular weight is 226 g/mol. The molecule has 0 unspecified atom stereocenters. The summed E-state index contributed by atoms with van der Waals surface area (Å²) < 4.78 is 6.71. The van der Waals surface area contributed by atoms with Crippen molar-refractivity contribution in [2.24, 2.45) is 0 Å². The van der Waals surface area contributed by atoms with Gasteiger partial charge in [-0.25, -0.2) is 0 Å². The predicted octanol–water partition coefficient (Wildman–Crippen LogP) is 1.69. The van der Waals surface area contributed by atoms with E-state index in [-0.39, 0.29) is 0 Å². The number of fused-ring (bicyclic) bond motifs is 1. The van der Waals surface area contributed by atoms with Crippen molar-refractivity contribution in [3.63, 3.8) is 0 Å². The summed E-state index contributed by atoms with van der Waals surface area (Å²) in [5, 5.41) is 1.99. The van der Waals surface area contributed by atoms with Crippen LogP contribution in [0.2, 0.25) is 0 Å². The first-order valence-corrected chi connectivity index (χ1v) is 5.71. The summed E-state index contributed by atoms with van der Waals surface area (Å²) in [4.78, 5) is 4.25. The SMILES string of the molecule is CCOc1ccc2nc[se]c2c1. The van der Waals surface area contributed by atoms with Gasteiger partial charge in [0.15, 0.2) is 0 Å². The van der Waals surface area contributed by atoms with Crippen LogP contribution in [0, 0.1) is 0 Å². The number of aromatic nitrogens is 1.